The van der Waals surface area contributed by atoms with E-state index in [-0.39, 0.29) is 19.0 Å². The molecular formula is C18H15ClN2O3S. The second kappa shape index (κ2) is 8.09. The van der Waals surface area contributed by atoms with Gasteiger partial charge >= 0.3 is 5.97 Å². The van der Waals surface area contributed by atoms with Crippen molar-refractivity contribution in [3.63, 3.8) is 0 Å². The van der Waals surface area contributed by atoms with Crippen LogP contribution < -0.4 is 4.74 Å². The summed E-state index contributed by atoms with van der Waals surface area (Å²) in [6.07, 6.45) is 1.72. The van der Waals surface area contributed by atoms with Crippen molar-refractivity contribution in [2.75, 3.05) is 7.11 Å². The van der Waals surface area contributed by atoms with Gasteiger partial charge in [0.15, 0.2) is 0 Å². The Hall–Kier alpha value is -2.44. The smallest absolute Gasteiger partial charge is 0.312 e. The number of thiazole rings is 1. The Labute approximate surface area is 154 Å². The number of esters is 1. The Kier molecular flexibility index (Phi) is 5.63. The van der Waals surface area contributed by atoms with Crippen molar-refractivity contribution in [1.82, 2.24) is 9.97 Å². The van der Waals surface area contributed by atoms with Gasteiger partial charge in [-0.1, -0.05) is 17.7 Å². The first-order chi connectivity index (χ1) is 12.1. The van der Waals surface area contributed by atoms with Crippen LogP contribution in [-0.4, -0.2) is 23.0 Å². The average molecular weight is 375 g/mol. The maximum absolute atomic E-state index is 12.0. The maximum Gasteiger partial charge on any atom is 0.312 e. The molecule has 25 heavy (non-hydrogen) atoms. The van der Waals surface area contributed by atoms with Crippen LogP contribution in [0.15, 0.2) is 48.0 Å². The predicted octanol–water partition coefficient (Wildman–Crippen LogP) is 4.15. The van der Waals surface area contributed by atoms with E-state index >= 15 is 0 Å². The molecule has 5 nitrogen and oxygen atoms in total. The van der Waals surface area contributed by atoms with E-state index in [4.69, 9.17) is 21.1 Å². The third-order valence-corrected chi connectivity index (χ3v) is 4.57. The summed E-state index contributed by atoms with van der Waals surface area (Å²) in [5.74, 6) is 0.460. The van der Waals surface area contributed by atoms with Gasteiger partial charge in [-0.2, -0.15) is 0 Å². The monoisotopic (exact) mass is 374 g/mol. The van der Waals surface area contributed by atoms with Gasteiger partial charge in [0.25, 0.3) is 0 Å². The van der Waals surface area contributed by atoms with E-state index < -0.39 is 0 Å². The number of carbonyl (C=O) groups is 1. The Morgan fingerprint density at radius 3 is 2.68 bits per heavy atom. The molecule has 3 aromatic rings. The lowest BCUT2D eigenvalue weighted by atomic mass is 10.2. The standard InChI is InChI=1S/C18H15ClN2O3S/c1-23-15-5-3-13(4-6-15)18-21-14(11-25-18)8-17(22)24-10-12-2-7-16(19)20-9-12/h2-7,9,11H,8,10H2,1H3. The largest absolute Gasteiger partial charge is 0.497 e. The molecule has 128 valence electrons. The lowest BCUT2D eigenvalue weighted by molar-refractivity contribution is -0.144. The van der Waals surface area contributed by atoms with Gasteiger partial charge in [0.1, 0.15) is 22.5 Å². The second-order valence-electron chi connectivity index (χ2n) is 5.20. The lowest BCUT2D eigenvalue weighted by Crippen LogP contribution is -2.08. The summed E-state index contributed by atoms with van der Waals surface area (Å²) in [7, 11) is 1.63. The van der Waals surface area contributed by atoms with Crippen molar-refractivity contribution in [3.05, 3.63) is 64.4 Å². The van der Waals surface area contributed by atoms with Crippen molar-refractivity contribution in [2.45, 2.75) is 13.0 Å². The van der Waals surface area contributed by atoms with E-state index in [0.717, 1.165) is 21.9 Å². The Bertz CT molecular complexity index is 848. The van der Waals surface area contributed by atoms with Gasteiger partial charge < -0.3 is 9.47 Å². The zero-order valence-corrected chi connectivity index (χ0v) is 15.0. The molecule has 0 saturated carbocycles. The van der Waals surface area contributed by atoms with Crippen molar-refractivity contribution >= 4 is 28.9 Å². The molecule has 0 radical (unpaired) electrons. The second-order valence-corrected chi connectivity index (χ2v) is 6.44. The van der Waals surface area contributed by atoms with Gasteiger partial charge in [-0.25, -0.2) is 9.97 Å². The van der Waals surface area contributed by atoms with E-state index in [1.807, 2.05) is 29.6 Å². The predicted molar refractivity (Wildman–Crippen MR) is 96.8 cm³/mol. The van der Waals surface area contributed by atoms with Crippen LogP contribution in [0.2, 0.25) is 5.15 Å². The van der Waals surface area contributed by atoms with E-state index in [1.165, 1.54) is 11.3 Å². The number of pyridine rings is 1. The zero-order valence-electron chi connectivity index (χ0n) is 13.4. The summed E-state index contributed by atoms with van der Waals surface area (Å²) in [6.45, 7) is 0.165. The molecule has 2 heterocycles. The van der Waals surface area contributed by atoms with Crippen LogP contribution in [0.25, 0.3) is 10.6 Å². The molecule has 0 aliphatic heterocycles. The fourth-order valence-corrected chi connectivity index (χ4v) is 3.05. The fourth-order valence-electron chi connectivity index (χ4n) is 2.11. The fraction of sp³-hybridized carbons (Fsp3) is 0.167. The number of nitrogens with zero attached hydrogens (tertiary/aromatic N) is 2. The summed E-state index contributed by atoms with van der Waals surface area (Å²) >= 11 is 7.21. The molecule has 0 amide bonds. The van der Waals surface area contributed by atoms with E-state index in [0.29, 0.717) is 10.8 Å². The van der Waals surface area contributed by atoms with Crippen LogP contribution in [0.4, 0.5) is 0 Å². The molecule has 2 aromatic heterocycles. The molecule has 0 fully saturated rings. The minimum absolute atomic E-state index is 0.133. The van der Waals surface area contributed by atoms with Gasteiger partial charge in [-0.3, -0.25) is 4.79 Å². The summed E-state index contributed by atoms with van der Waals surface area (Å²) in [6, 6.07) is 11.1. The highest BCUT2D eigenvalue weighted by molar-refractivity contribution is 7.13. The van der Waals surface area contributed by atoms with Crippen molar-refractivity contribution in [1.29, 1.82) is 0 Å². The number of hydrogen-bond acceptors (Lipinski definition) is 6. The Morgan fingerprint density at radius 1 is 1.20 bits per heavy atom. The number of aromatic nitrogens is 2. The topological polar surface area (TPSA) is 61.3 Å². The number of halogens is 1. The number of carbonyl (C=O) groups excluding carboxylic acids is 1. The summed E-state index contributed by atoms with van der Waals surface area (Å²) < 4.78 is 10.4. The van der Waals surface area contributed by atoms with Gasteiger partial charge in [-0.05, 0) is 30.3 Å². The first-order valence-corrected chi connectivity index (χ1v) is 8.74. The Balaban J connectivity index is 1.56. The molecule has 0 bridgehead atoms. The van der Waals surface area contributed by atoms with Crippen molar-refractivity contribution < 1.29 is 14.3 Å². The average Bonchev–Trinajstić information content (AvgIpc) is 3.10. The third kappa shape index (κ3) is 4.78. The molecule has 0 atom stereocenters. The zero-order chi connectivity index (χ0) is 17.6. The number of methoxy groups -OCH3 is 1. The van der Waals surface area contributed by atoms with Crippen LogP contribution >= 0.6 is 22.9 Å². The van der Waals surface area contributed by atoms with Crippen LogP contribution in [0.3, 0.4) is 0 Å². The molecule has 0 aliphatic rings. The number of ether oxygens (including phenoxy) is 2. The third-order valence-electron chi connectivity index (χ3n) is 3.40. The van der Waals surface area contributed by atoms with Crippen LogP contribution in [0.1, 0.15) is 11.3 Å². The SMILES string of the molecule is COc1ccc(-c2nc(CC(=O)OCc3ccc(Cl)nc3)cs2)cc1. The van der Waals surface area contributed by atoms with Gasteiger partial charge in [0.05, 0.1) is 19.2 Å². The highest BCUT2D eigenvalue weighted by atomic mass is 35.5. The molecule has 0 aliphatic carbocycles. The normalized spacial score (nSPS) is 10.5. The van der Waals surface area contributed by atoms with Crippen molar-refractivity contribution in [2.24, 2.45) is 0 Å². The van der Waals surface area contributed by atoms with E-state index in [1.54, 1.807) is 25.4 Å². The van der Waals surface area contributed by atoms with Gasteiger partial charge in [0, 0.05) is 22.7 Å². The number of hydrogen-bond donors (Lipinski definition) is 0. The molecule has 0 saturated heterocycles. The Morgan fingerprint density at radius 2 is 2.00 bits per heavy atom. The molecule has 1 aromatic carbocycles. The van der Waals surface area contributed by atoms with Gasteiger partial charge in [0.2, 0.25) is 0 Å². The molecule has 0 unspecified atom stereocenters. The summed E-state index contributed by atoms with van der Waals surface area (Å²) in [5.41, 5.74) is 2.46. The van der Waals surface area contributed by atoms with E-state index in [2.05, 4.69) is 9.97 Å². The minimum atomic E-state index is -0.332. The highest BCUT2D eigenvalue weighted by Gasteiger charge is 2.10. The van der Waals surface area contributed by atoms with E-state index in [9.17, 15) is 4.79 Å². The van der Waals surface area contributed by atoms with Crippen LogP contribution in [-0.2, 0) is 22.6 Å². The summed E-state index contributed by atoms with van der Waals surface area (Å²) in [4.78, 5) is 20.4. The first-order valence-electron chi connectivity index (χ1n) is 7.49. The number of benzene rings is 1. The van der Waals surface area contributed by atoms with Crippen LogP contribution in [0.5, 0.6) is 5.75 Å². The molecular weight excluding hydrogens is 360 g/mol. The van der Waals surface area contributed by atoms with Crippen molar-refractivity contribution in [3.8, 4) is 16.3 Å². The number of rotatable bonds is 6. The molecule has 0 spiro atoms. The maximum atomic E-state index is 12.0. The highest BCUT2D eigenvalue weighted by Crippen LogP contribution is 2.26. The molecule has 7 heteroatoms. The van der Waals surface area contributed by atoms with Gasteiger partial charge in [-0.15, -0.1) is 11.3 Å². The lowest BCUT2D eigenvalue weighted by Gasteiger charge is -2.03. The first kappa shape index (κ1) is 17.4. The summed E-state index contributed by atoms with van der Waals surface area (Å²) in [5, 5.41) is 3.13. The minimum Gasteiger partial charge on any atom is -0.497 e. The molecule has 3 rings (SSSR count). The molecule has 0 N–H and O–H groups in total. The van der Waals surface area contributed by atoms with Crippen LogP contribution in [0, 0.1) is 0 Å². The quantitative estimate of drug-likeness (QED) is 0.479.